The van der Waals surface area contributed by atoms with Gasteiger partial charge >= 0.3 is 5.69 Å². The normalized spacial score (nSPS) is 10.7. The number of aryl methyl sites for hydroxylation is 1. The fourth-order valence-electron chi connectivity index (χ4n) is 1.94. The van der Waals surface area contributed by atoms with Crippen LogP contribution >= 0.6 is 27.5 Å². The molecule has 2 rings (SSSR count). The molecule has 0 aliphatic heterocycles. The van der Waals surface area contributed by atoms with Gasteiger partial charge in [-0.25, -0.2) is 4.79 Å². The van der Waals surface area contributed by atoms with Crippen LogP contribution in [-0.2, 0) is 6.54 Å². The highest BCUT2D eigenvalue weighted by molar-refractivity contribution is 9.10. The number of nitrogens with zero attached hydrogens (tertiary/aromatic N) is 3. The van der Waals surface area contributed by atoms with Gasteiger partial charge in [-0.05, 0) is 41.4 Å². The number of nitro groups is 1. The highest BCUT2D eigenvalue weighted by atomic mass is 79.9. The summed E-state index contributed by atoms with van der Waals surface area (Å²) in [5, 5.41) is 11.0. The summed E-state index contributed by atoms with van der Waals surface area (Å²) < 4.78 is 2.19. The standard InChI is InChI=1S/C13H11BrClN3O3/c1-7-12(14)8(2)17(13(19)16-7)6-9-3-4-10(15)11(5-9)18(20)21/h3-5H,6H2,1-2H3. The van der Waals surface area contributed by atoms with E-state index in [0.717, 1.165) is 4.47 Å². The quantitative estimate of drug-likeness (QED) is 0.612. The lowest BCUT2D eigenvalue weighted by molar-refractivity contribution is -0.384. The topological polar surface area (TPSA) is 78.0 Å². The smallest absolute Gasteiger partial charge is 0.291 e. The second-order valence-corrected chi connectivity index (χ2v) is 5.71. The summed E-state index contributed by atoms with van der Waals surface area (Å²) >= 11 is 9.15. The van der Waals surface area contributed by atoms with Crippen molar-refractivity contribution >= 4 is 33.2 Å². The molecule has 0 saturated heterocycles. The van der Waals surface area contributed by atoms with Crippen molar-refractivity contribution in [2.24, 2.45) is 0 Å². The molecule has 0 atom stereocenters. The highest BCUT2D eigenvalue weighted by Crippen LogP contribution is 2.26. The van der Waals surface area contributed by atoms with E-state index in [2.05, 4.69) is 20.9 Å². The van der Waals surface area contributed by atoms with E-state index in [1.165, 1.54) is 16.7 Å². The molecule has 0 aliphatic carbocycles. The Morgan fingerprint density at radius 1 is 1.43 bits per heavy atom. The summed E-state index contributed by atoms with van der Waals surface area (Å²) in [7, 11) is 0. The molecule has 0 saturated carbocycles. The molecule has 21 heavy (non-hydrogen) atoms. The monoisotopic (exact) mass is 371 g/mol. The van der Waals surface area contributed by atoms with Gasteiger partial charge in [-0.15, -0.1) is 0 Å². The third kappa shape index (κ3) is 3.14. The van der Waals surface area contributed by atoms with Crippen molar-refractivity contribution in [1.29, 1.82) is 0 Å². The minimum atomic E-state index is -0.551. The van der Waals surface area contributed by atoms with E-state index in [0.29, 0.717) is 17.0 Å². The number of aromatic nitrogens is 2. The molecule has 0 bridgehead atoms. The van der Waals surface area contributed by atoms with Crippen molar-refractivity contribution in [2.75, 3.05) is 0 Å². The van der Waals surface area contributed by atoms with E-state index in [1.807, 2.05) is 0 Å². The van der Waals surface area contributed by atoms with Gasteiger partial charge in [-0.1, -0.05) is 17.7 Å². The lowest BCUT2D eigenvalue weighted by Crippen LogP contribution is -2.26. The number of halogens is 2. The second-order valence-electron chi connectivity index (χ2n) is 4.51. The minimum Gasteiger partial charge on any atom is -0.291 e. The number of hydrogen-bond acceptors (Lipinski definition) is 4. The van der Waals surface area contributed by atoms with Crippen molar-refractivity contribution in [3.8, 4) is 0 Å². The molecule has 6 nitrogen and oxygen atoms in total. The van der Waals surface area contributed by atoms with Crippen molar-refractivity contribution in [3.05, 3.63) is 65.2 Å². The van der Waals surface area contributed by atoms with Gasteiger partial charge in [0.2, 0.25) is 0 Å². The first-order valence-corrected chi connectivity index (χ1v) is 7.14. The largest absolute Gasteiger partial charge is 0.348 e. The number of benzene rings is 1. The summed E-state index contributed by atoms with van der Waals surface area (Å²) in [4.78, 5) is 26.2. The first-order chi connectivity index (χ1) is 9.81. The Bertz CT molecular complexity index is 789. The van der Waals surface area contributed by atoms with E-state index >= 15 is 0 Å². The Hall–Kier alpha value is -1.73. The fraction of sp³-hybridized carbons (Fsp3) is 0.231. The lowest BCUT2D eigenvalue weighted by atomic mass is 10.2. The Labute approximate surface area is 133 Å². The van der Waals surface area contributed by atoms with Gasteiger partial charge in [0.15, 0.2) is 0 Å². The molecule has 1 aromatic heterocycles. The maximum absolute atomic E-state index is 12.0. The molecule has 8 heteroatoms. The molecule has 1 heterocycles. The second kappa shape index (κ2) is 5.95. The van der Waals surface area contributed by atoms with Gasteiger partial charge in [-0.3, -0.25) is 14.7 Å². The van der Waals surface area contributed by atoms with Gasteiger partial charge in [0.1, 0.15) is 5.02 Å². The van der Waals surface area contributed by atoms with E-state index < -0.39 is 10.6 Å². The number of nitro benzene ring substituents is 1. The minimum absolute atomic E-state index is 0.0658. The van der Waals surface area contributed by atoms with Crippen LogP contribution in [0.4, 0.5) is 5.69 Å². The van der Waals surface area contributed by atoms with Crippen molar-refractivity contribution < 1.29 is 4.92 Å². The van der Waals surface area contributed by atoms with Crippen LogP contribution in [0.5, 0.6) is 0 Å². The zero-order valence-corrected chi connectivity index (χ0v) is 13.6. The zero-order chi connectivity index (χ0) is 15.7. The van der Waals surface area contributed by atoms with Crippen LogP contribution in [0, 0.1) is 24.0 Å². The molecule has 0 spiro atoms. The molecule has 0 fully saturated rings. The van der Waals surface area contributed by atoms with Crippen molar-refractivity contribution in [2.45, 2.75) is 20.4 Å². The highest BCUT2D eigenvalue weighted by Gasteiger charge is 2.15. The first-order valence-electron chi connectivity index (χ1n) is 5.97. The zero-order valence-electron chi connectivity index (χ0n) is 11.3. The van der Waals surface area contributed by atoms with E-state index in [1.54, 1.807) is 19.9 Å². The molecule has 0 aliphatic rings. The molecule has 0 N–H and O–H groups in total. The van der Waals surface area contributed by atoms with E-state index in [9.17, 15) is 14.9 Å². The summed E-state index contributed by atoms with van der Waals surface area (Å²) in [6, 6.07) is 4.46. The summed E-state index contributed by atoms with van der Waals surface area (Å²) in [6.07, 6.45) is 0. The number of rotatable bonds is 3. The van der Waals surface area contributed by atoms with Crippen LogP contribution in [0.3, 0.4) is 0 Å². The van der Waals surface area contributed by atoms with Gasteiger partial charge in [0.25, 0.3) is 5.69 Å². The van der Waals surface area contributed by atoms with E-state index in [-0.39, 0.29) is 17.3 Å². The maximum atomic E-state index is 12.0. The van der Waals surface area contributed by atoms with Gasteiger partial charge in [0.05, 0.1) is 21.6 Å². The predicted molar refractivity (Wildman–Crippen MR) is 82.9 cm³/mol. The van der Waals surface area contributed by atoms with Crippen molar-refractivity contribution in [3.63, 3.8) is 0 Å². The predicted octanol–water partition coefficient (Wildman–Crippen LogP) is 3.23. The molecule has 2 aromatic rings. The Kier molecular flexibility index (Phi) is 4.43. The SMILES string of the molecule is Cc1nc(=O)n(Cc2ccc(Cl)c([N+](=O)[O-])c2)c(C)c1Br. The average molecular weight is 373 g/mol. The summed E-state index contributed by atoms with van der Waals surface area (Å²) in [6.45, 7) is 3.70. The summed E-state index contributed by atoms with van der Waals surface area (Å²) in [5.41, 5.74) is 1.35. The molecule has 0 unspecified atom stereocenters. The molecule has 0 radical (unpaired) electrons. The summed E-state index contributed by atoms with van der Waals surface area (Å²) in [5.74, 6) is 0. The molecular formula is C13H11BrClN3O3. The Morgan fingerprint density at radius 3 is 2.71 bits per heavy atom. The molecular weight excluding hydrogens is 362 g/mol. The average Bonchev–Trinajstić information content (AvgIpc) is 2.42. The van der Waals surface area contributed by atoms with Crippen LogP contribution < -0.4 is 5.69 Å². The number of hydrogen-bond donors (Lipinski definition) is 0. The van der Waals surface area contributed by atoms with Gasteiger partial charge in [-0.2, -0.15) is 4.98 Å². The van der Waals surface area contributed by atoms with Crippen molar-refractivity contribution in [1.82, 2.24) is 9.55 Å². The molecule has 0 amide bonds. The van der Waals surface area contributed by atoms with Crippen LogP contribution in [0.25, 0.3) is 0 Å². The first kappa shape index (κ1) is 15.7. The van der Waals surface area contributed by atoms with Gasteiger partial charge in [0, 0.05) is 11.8 Å². The maximum Gasteiger partial charge on any atom is 0.348 e. The van der Waals surface area contributed by atoms with Crippen LogP contribution in [0.15, 0.2) is 27.5 Å². The van der Waals surface area contributed by atoms with Gasteiger partial charge < -0.3 is 0 Å². The van der Waals surface area contributed by atoms with Crippen LogP contribution in [0.2, 0.25) is 5.02 Å². The fourth-order valence-corrected chi connectivity index (χ4v) is 2.43. The third-order valence-electron chi connectivity index (χ3n) is 3.08. The third-order valence-corrected chi connectivity index (χ3v) is 4.55. The van der Waals surface area contributed by atoms with Crippen LogP contribution in [0.1, 0.15) is 17.0 Å². The van der Waals surface area contributed by atoms with Crippen LogP contribution in [-0.4, -0.2) is 14.5 Å². The molecule has 110 valence electrons. The lowest BCUT2D eigenvalue weighted by Gasteiger charge is -2.12. The Morgan fingerprint density at radius 2 is 2.10 bits per heavy atom. The molecule has 1 aromatic carbocycles. The Balaban J connectivity index is 2.49. The van der Waals surface area contributed by atoms with E-state index in [4.69, 9.17) is 11.6 Å².